The number of fused-ring (bicyclic) bond motifs is 1. The number of hydrogen-bond acceptors (Lipinski definition) is 3. The summed E-state index contributed by atoms with van der Waals surface area (Å²) in [6, 6.07) is 10.1. The highest BCUT2D eigenvalue weighted by molar-refractivity contribution is 9.10. The summed E-state index contributed by atoms with van der Waals surface area (Å²) in [5.41, 5.74) is 8.94. The maximum absolute atomic E-state index is 6.14. The van der Waals surface area contributed by atoms with E-state index >= 15 is 0 Å². The smallest absolute Gasteiger partial charge is 0.127 e. The summed E-state index contributed by atoms with van der Waals surface area (Å²) in [4.78, 5) is 5.97. The number of thiophene rings is 1. The fourth-order valence-electron chi connectivity index (χ4n) is 2.05. The Morgan fingerprint density at radius 2 is 2.16 bits per heavy atom. The lowest BCUT2D eigenvalue weighted by molar-refractivity contribution is 1.44. The molecule has 0 atom stereocenters. The minimum absolute atomic E-state index is 0.644. The quantitative estimate of drug-likeness (QED) is 0.677. The third kappa shape index (κ3) is 2.01. The van der Waals surface area contributed by atoms with Crippen LogP contribution in [0.1, 0.15) is 4.88 Å². The molecule has 0 bridgehead atoms. The van der Waals surface area contributed by atoms with E-state index in [1.165, 1.54) is 11.3 Å². The molecule has 0 aliphatic heterocycles. The molecule has 2 N–H and O–H groups in total. The lowest BCUT2D eigenvalue weighted by Gasteiger charge is -2.05. The van der Waals surface area contributed by atoms with E-state index in [4.69, 9.17) is 12.2 Å². The molecule has 0 amide bonds. The average molecular weight is 329 g/mol. The van der Waals surface area contributed by atoms with Gasteiger partial charge < -0.3 is 5.73 Å². The summed E-state index contributed by atoms with van der Waals surface area (Å²) in [5.74, 6) is 2.62. The molecule has 2 aromatic heterocycles. The second-order valence-corrected chi connectivity index (χ2v) is 5.95. The molecule has 0 radical (unpaired) electrons. The van der Waals surface area contributed by atoms with Gasteiger partial charge in [0.15, 0.2) is 0 Å². The van der Waals surface area contributed by atoms with Gasteiger partial charge in [0, 0.05) is 16.1 Å². The van der Waals surface area contributed by atoms with E-state index in [0.717, 1.165) is 30.7 Å². The Balaban J connectivity index is 2.36. The molecule has 0 unspecified atom stereocenters. The zero-order chi connectivity index (χ0) is 13.4. The SMILES string of the molecule is C#Cc1sc2nccc(-c3cccc(Br)c3)c2c1N. The molecule has 0 fully saturated rings. The number of anilines is 1. The molecule has 4 heteroatoms. The van der Waals surface area contributed by atoms with Gasteiger partial charge in [-0.3, -0.25) is 0 Å². The molecule has 0 saturated carbocycles. The van der Waals surface area contributed by atoms with Gasteiger partial charge in [-0.25, -0.2) is 4.98 Å². The molecular weight excluding hydrogens is 320 g/mol. The Morgan fingerprint density at radius 1 is 1.32 bits per heavy atom. The number of nitrogens with two attached hydrogens (primary N) is 1. The van der Waals surface area contributed by atoms with Crippen molar-refractivity contribution in [2.45, 2.75) is 0 Å². The lowest BCUT2D eigenvalue weighted by atomic mass is 10.0. The number of halogens is 1. The topological polar surface area (TPSA) is 38.9 Å². The molecule has 3 rings (SSSR count). The molecule has 0 aliphatic rings. The first kappa shape index (κ1) is 12.2. The van der Waals surface area contributed by atoms with E-state index in [0.29, 0.717) is 5.69 Å². The lowest BCUT2D eigenvalue weighted by Crippen LogP contribution is -1.88. The van der Waals surface area contributed by atoms with Crippen molar-refractivity contribution in [3.63, 3.8) is 0 Å². The molecule has 2 nitrogen and oxygen atoms in total. The van der Waals surface area contributed by atoms with Gasteiger partial charge in [0.05, 0.1) is 5.69 Å². The maximum Gasteiger partial charge on any atom is 0.127 e. The molecule has 19 heavy (non-hydrogen) atoms. The van der Waals surface area contributed by atoms with E-state index in [1.54, 1.807) is 6.20 Å². The second kappa shape index (κ2) is 4.69. The van der Waals surface area contributed by atoms with Gasteiger partial charge >= 0.3 is 0 Å². The number of pyridine rings is 1. The fourth-order valence-corrected chi connectivity index (χ4v) is 3.35. The van der Waals surface area contributed by atoms with Crippen molar-refractivity contribution in [2.75, 3.05) is 5.73 Å². The van der Waals surface area contributed by atoms with Gasteiger partial charge in [-0.1, -0.05) is 34.0 Å². The summed E-state index contributed by atoms with van der Waals surface area (Å²) in [5, 5.41) is 0.943. The first-order valence-electron chi connectivity index (χ1n) is 5.60. The van der Waals surface area contributed by atoms with Crippen molar-refractivity contribution in [3.8, 4) is 23.5 Å². The number of benzene rings is 1. The highest BCUT2D eigenvalue weighted by Crippen LogP contribution is 2.38. The zero-order valence-electron chi connectivity index (χ0n) is 9.85. The minimum atomic E-state index is 0.644. The maximum atomic E-state index is 6.14. The number of nitrogens with zero attached hydrogens (tertiary/aromatic N) is 1. The number of nitrogen functional groups attached to an aromatic ring is 1. The zero-order valence-corrected chi connectivity index (χ0v) is 12.3. The molecule has 0 spiro atoms. The Morgan fingerprint density at radius 3 is 2.89 bits per heavy atom. The molecule has 2 heterocycles. The standard InChI is InChI=1S/C15H9BrN2S/c1-2-12-14(17)13-11(6-7-18-15(13)19-12)9-4-3-5-10(16)8-9/h1,3-8H,17H2. The molecule has 0 saturated heterocycles. The summed E-state index contributed by atoms with van der Waals surface area (Å²) in [7, 11) is 0. The van der Waals surface area contributed by atoms with Crippen LogP contribution in [-0.2, 0) is 0 Å². The summed E-state index contributed by atoms with van der Waals surface area (Å²) >= 11 is 4.94. The van der Waals surface area contributed by atoms with Crippen LogP contribution in [0, 0.1) is 12.3 Å². The van der Waals surface area contributed by atoms with Gasteiger partial charge in [0.2, 0.25) is 0 Å². The van der Waals surface area contributed by atoms with Crippen molar-refractivity contribution >= 4 is 43.2 Å². The Labute approximate surface area is 123 Å². The van der Waals surface area contributed by atoms with Crippen LogP contribution in [0.3, 0.4) is 0 Å². The van der Waals surface area contributed by atoms with Crippen molar-refractivity contribution in [2.24, 2.45) is 0 Å². The summed E-state index contributed by atoms with van der Waals surface area (Å²) in [6.07, 6.45) is 7.26. The summed E-state index contributed by atoms with van der Waals surface area (Å²) in [6.45, 7) is 0. The van der Waals surface area contributed by atoms with Crippen molar-refractivity contribution < 1.29 is 0 Å². The van der Waals surface area contributed by atoms with E-state index in [9.17, 15) is 0 Å². The largest absolute Gasteiger partial charge is 0.396 e. The molecule has 3 aromatic rings. The van der Waals surface area contributed by atoms with Crippen LogP contribution in [0.4, 0.5) is 5.69 Å². The van der Waals surface area contributed by atoms with Gasteiger partial charge in [-0.05, 0) is 29.3 Å². The predicted molar refractivity (Wildman–Crippen MR) is 85.1 cm³/mol. The molecule has 0 aliphatic carbocycles. The minimum Gasteiger partial charge on any atom is -0.396 e. The van der Waals surface area contributed by atoms with Crippen LogP contribution >= 0.6 is 27.3 Å². The second-order valence-electron chi connectivity index (χ2n) is 4.04. The predicted octanol–water partition coefficient (Wildman–Crippen LogP) is 4.29. The van der Waals surface area contributed by atoms with Crippen LogP contribution in [0.2, 0.25) is 0 Å². The molecular formula is C15H9BrN2S. The molecule has 92 valence electrons. The highest BCUT2D eigenvalue weighted by Gasteiger charge is 2.13. The van der Waals surface area contributed by atoms with Crippen LogP contribution in [0.25, 0.3) is 21.3 Å². The van der Waals surface area contributed by atoms with Crippen LogP contribution in [-0.4, -0.2) is 4.98 Å². The number of hydrogen-bond donors (Lipinski definition) is 1. The van der Waals surface area contributed by atoms with Crippen molar-refractivity contribution in [3.05, 3.63) is 45.9 Å². The third-order valence-electron chi connectivity index (χ3n) is 2.90. The van der Waals surface area contributed by atoms with Gasteiger partial charge in [-0.2, -0.15) is 0 Å². The monoisotopic (exact) mass is 328 g/mol. The Hall–Kier alpha value is -1.83. The van der Waals surface area contributed by atoms with E-state index in [-0.39, 0.29) is 0 Å². The normalized spacial score (nSPS) is 10.5. The Bertz CT molecular complexity index is 815. The van der Waals surface area contributed by atoms with Gasteiger partial charge in [0.25, 0.3) is 0 Å². The van der Waals surface area contributed by atoms with Crippen molar-refractivity contribution in [1.82, 2.24) is 4.98 Å². The highest BCUT2D eigenvalue weighted by atomic mass is 79.9. The molecule has 1 aromatic carbocycles. The van der Waals surface area contributed by atoms with Crippen LogP contribution in [0.5, 0.6) is 0 Å². The van der Waals surface area contributed by atoms with Gasteiger partial charge in [0.1, 0.15) is 9.71 Å². The number of rotatable bonds is 1. The van der Waals surface area contributed by atoms with Crippen LogP contribution < -0.4 is 5.73 Å². The van der Waals surface area contributed by atoms with Gasteiger partial charge in [-0.15, -0.1) is 17.8 Å². The van der Waals surface area contributed by atoms with E-state index in [1.807, 2.05) is 24.3 Å². The first-order valence-corrected chi connectivity index (χ1v) is 7.21. The van der Waals surface area contributed by atoms with Crippen LogP contribution in [0.15, 0.2) is 41.0 Å². The third-order valence-corrected chi connectivity index (χ3v) is 4.43. The number of aromatic nitrogens is 1. The Kier molecular flexibility index (Phi) is 3.02. The number of terminal acetylenes is 1. The van der Waals surface area contributed by atoms with Crippen molar-refractivity contribution in [1.29, 1.82) is 0 Å². The fraction of sp³-hybridized carbons (Fsp3) is 0. The first-order chi connectivity index (χ1) is 9.20. The average Bonchev–Trinajstić information content (AvgIpc) is 2.75. The van der Waals surface area contributed by atoms with E-state index in [2.05, 4.69) is 32.9 Å². The van der Waals surface area contributed by atoms with E-state index < -0.39 is 0 Å². The summed E-state index contributed by atoms with van der Waals surface area (Å²) < 4.78 is 1.03.